The second-order valence-electron chi connectivity index (χ2n) is 3.92. The number of phenols is 1. The van der Waals surface area contributed by atoms with Crippen molar-refractivity contribution in [1.82, 2.24) is 0 Å². The number of methoxy groups -OCH3 is 3. The number of rotatable bonds is 5. The van der Waals surface area contributed by atoms with Gasteiger partial charge in [-0.3, -0.25) is 0 Å². The van der Waals surface area contributed by atoms with Crippen molar-refractivity contribution in [3.8, 4) is 5.75 Å². The fraction of sp³-hybridized carbons (Fsp3) is 0.214. The molecule has 0 aliphatic rings. The highest BCUT2D eigenvalue weighted by atomic mass is 16.5. The Morgan fingerprint density at radius 1 is 1.09 bits per heavy atom. The Morgan fingerprint density at radius 3 is 2.27 bits per heavy atom. The predicted molar refractivity (Wildman–Crippen MR) is 75.2 cm³/mol. The molecule has 0 spiro atoms. The molecule has 8 nitrogen and oxygen atoms in total. The van der Waals surface area contributed by atoms with Crippen molar-refractivity contribution < 1.29 is 33.7 Å². The molecule has 0 aromatic heterocycles. The maximum Gasteiger partial charge on any atom is 0.354 e. The minimum absolute atomic E-state index is 0.0374. The highest BCUT2D eigenvalue weighted by Gasteiger charge is 2.15. The summed E-state index contributed by atoms with van der Waals surface area (Å²) in [7, 11) is 3.49. The Labute approximate surface area is 126 Å². The first-order valence-electron chi connectivity index (χ1n) is 5.99. The van der Waals surface area contributed by atoms with E-state index in [0.717, 1.165) is 20.3 Å². The third-order valence-corrected chi connectivity index (χ3v) is 2.55. The van der Waals surface area contributed by atoms with E-state index in [2.05, 4.69) is 19.5 Å². The molecule has 22 heavy (non-hydrogen) atoms. The summed E-state index contributed by atoms with van der Waals surface area (Å²) in [6.45, 7) is 0. The summed E-state index contributed by atoms with van der Waals surface area (Å²) in [6.07, 6.45) is 0.900. The molecule has 0 radical (unpaired) electrons. The van der Waals surface area contributed by atoms with Gasteiger partial charge in [0.25, 0.3) is 0 Å². The molecule has 1 aromatic rings. The Kier molecular flexibility index (Phi) is 5.94. The molecule has 0 aliphatic heterocycles. The van der Waals surface area contributed by atoms with Crippen molar-refractivity contribution >= 4 is 23.6 Å². The first kappa shape index (κ1) is 17.0. The van der Waals surface area contributed by atoms with Gasteiger partial charge in [0.2, 0.25) is 0 Å². The number of hydrogen-bond donors (Lipinski definition) is 2. The SMILES string of the molecule is COC(=O)/C=C(/Nc1ccc(C(=O)OC)c(O)c1)C(=O)OC. The number of benzene rings is 1. The van der Waals surface area contributed by atoms with E-state index >= 15 is 0 Å². The minimum atomic E-state index is -0.804. The van der Waals surface area contributed by atoms with Crippen LogP contribution in [0, 0.1) is 0 Å². The molecule has 0 saturated carbocycles. The van der Waals surface area contributed by atoms with Gasteiger partial charge >= 0.3 is 17.9 Å². The standard InChI is InChI=1S/C14H15NO7/c1-20-12(17)7-10(14(19)22-3)15-8-4-5-9(11(16)6-8)13(18)21-2/h4-7,15-16H,1-3H3/b10-7+. The third kappa shape index (κ3) is 4.23. The molecular formula is C14H15NO7. The zero-order chi connectivity index (χ0) is 16.7. The number of nitrogens with one attached hydrogen (secondary N) is 1. The molecule has 0 atom stereocenters. The molecule has 0 fully saturated rings. The number of esters is 3. The van der Waals surface area contributed by atoms with Gasteiger partial charge < -0.3 is 24.6 Å². The molecule has 0 saturated heterocycles. The van der Waals surface area contributed by atoms with Gasteiger partial charge in [0.1, 0.15) is 17.0 Å². The quantitative estimate of drug-likeness (QED) is 0.467. The Hall–Kier alpha value is -3.03. The van der Waals surface area contributed by atoms with E-state index in [1.54, 1.807) is 0 Å². The van der Waals surface area contributed by atoms with Crippen LogP contribution in [0.25, 0.3) is 0 Å². The highest BCUT2D eigenvalue weighted by molar-refractivity contribution is 5.99. The molecular weight excluding hydrogens is 294 g/mol. The van der Waals surface area contributed by atoms with Crippen molar-refractivity contribution in [2.45, 2.75) is 0 Å². The maximum atomic E-state index is 11.6. The Balaban J connectivity index is 3.07. The van der Waals surface area contributed by atoms with Gasteiger partial charge in [-0.1, -0.05) is 0 Å². The number of carbonyl (C=O) groups excluding carboxylic acids is 3. The molecule has 0 bridgehead atoms. The smallest absolute Gasteiger partial charge is 0.354 e. The van der Waals surface area contributed by atoms with E-state index in [1.165, 1.54) is 25.3 Å². The molecule has 2 N–H and O–H groups in total. The summed E-state index contributed by atoms with van der Waals surface area (Å²) in [6, 6.07) is 3.91. The van der Waals surface area contributed by atoms with E-state index in [4.69, 9.17) is 0 Å². The number of phenolic OH excluding ortho intramolecular Hbond substituents is 1. The summed E-state index contributed by atoms with van der Waals surface area (Å²) in [5, 5.41) is 12.4. The van der Waals surface area contributed by atoms with E-state index in [0.29, 0.717) is 0 Å². The number of ether oxygens (including phenoxy) is 3. The largest absolute Gasteiger partial charge is 0.507 e. The highest BCUT2D eigenvalue weighted by Crippen LogP contribution is 2.23. The first-order chi connectivity index (χ1) is 10.4. The average Bonchev–Trinajstić information content (AvgIpc) is 2.52. The van der Waals surface area contributed by atoms with Crippen LogP contribution >= 0.6 is 0 Å². The van der Waals surface area contributed by atoms with Gasteiger partial charge in [-0.05, 0) is 12.1 Å². The Bertz CT molecular complexity index is 622. The number of carbonyl (C=O) groups is 3. The molecule has 1 aromatic carbocycles. The summed E-state index contributed by atoms with van der Waals surface area (Å²) >= 11 is 0. The van der Waals surface area contributed by atoms with Crippen molar-refractivity contribution in [2.24, 2.45) is 0 Å². The summed E-state index contributed by atoms with van der Waals surface area (Å²) in [5.41, 5.74) is 0.0230. The van der Waals surface area contributed by atoms with Crippen LogP contribution in [0.4, 0.5) is 5.69 Å². The zero-order valence-electron chi connectivity index (χ0n) is 12.2. The van der Waals surface area contributed by atoms with Gasteiger partial charge in [0, 0.05) is 11.8 Å². The molecule has 0 aliphatic carbocycles. The van der Waals surface area contributed by atoms with Crippen LogP contribution in [-0.2, 0) is 23.8 Å². The van der Waals surface area contributed by atoms with Gasteiger partial charge in [0.05, 0.1) is 27.4 Å². The predicted octanol–water partition coefficient (Wildman–Crippen LogP) is 0.821. The van der Waals surface area contributed by atoms with Crippen LogP contribution in [0.1, 0.15) is 10.4 Å². The number of hydrogen-bond acceptors (Lipinski definition) is 8. The zero-order valence-corrected chi connectivity index (χ0v) is 12.2. The summed E-state index contributed by atoms with van der Waals surface area (Å²) in [4.78, 5) is 34.2. The lowest BCUT2D eigenvalue weighted by Gasteiger charge is -2.10. The summed E-state index contributed by atoms with van der Waals surface area (Å²) in [5.74, 6) is -2.62. The normalized spacial score (nSPS) is 10.6. The molecule has 8 heteroatoms. The lowest BCUT2D eigenvalue weighted by atomic mass is 10.1. The van der Waals surface area contributed by atoms with Gasteiger partial charge in [-0.2, -0.15) is 0 Å². The minimum Gasteiger partial charge on any atom is -0.507 e. The first-order valence-corrected chi connectivity index (χ1v) is 5.99. The van der Waals surface area contributed by atoms with Crippen LogP contribution in [0.3, 0.4) is 0 Å². The van der Waals surface area contributed by atoms with Gasteiger partial charge in [0.15, 0.2) is 0 Å². The molecule has 1 rings (SSSR count). The van der Waals surface area contributed by atoms with E-state index < -0.39 is 17.9 Å². The molecule has 0 amide bonds. The van der Waals surface area contributed by atoms with Crippen LogP contribution in [0.5, 0.6) is 5.75 Å². The van der Waals surface area contributed by atoms with Crippen LogP contribution in [0.15, 0.2) is 30.0 Å². The fourth-order valence-corrected chi connectivity index (χ4v) is 1.48. The second kappa shape index (κ2) is 7.67. The topological polar surface area (TPSA) is 111 Å². The van der Waals surface area contributed by atoms with Crippen molar-refractivity contribution in [2.75, 3.05) is 26.6 Å². The second-order valence-corrected chi connectivity index (χ2v) is 3.92. The molecule has 0 heterocycles. The van der Waals surface area contributed by atoms with Crippen LogP contribution < -0.4 is 5.32 Å². The van der Waals surface area contributed by atoms with E-state index in [1.807, 2.05) is 0 Å². The van der Waals surface area contributed by atoms with Crippen LogP contribution in [-0.4, -0.2) is 44.3 Å². The lowest BCUT2D eigenvalue weighted by molar-refractivity contribution is -0.138. The van der Waals surface area contributed by atoms with E-state index in [-0.39, 0.29) is 22.7 Å². The monoisotopic (exact) mass is 309 g/mol. The van der Waals surface area contributed by atoms with Gasteiger partial charge in [-0.15, -0.1) is 0 Å². The van der Waals surface area contributed by atoms with Crippen molar-refractivity contribution in [3.63, 3.8) is 0 Å². The van der Waals surface area contributed by atoms with E-state index in [9.17, 15) is 19.5 Å². The summed E-state index contributed by atoms with van der Waals surface area (Å²) < 4.78 is 13.4. The number of anilines is 1. The average molecular weight is 309 g/mol. The van der Waals surface area contributed by atoms with Crippen LogP contribution in [0.2, 0.25) is 0 Å². The third-order valence-electron chi connectivity index (χ3n) is 2.55. The fourth-order valence-electron chi connectivity index (χ4n) is 1.48. The van der Waals surface area contributed by atoms with Gasteiger partial charge in [-0.25, -0.2) is 14.4 Å². The van der Waals surface area contributed by atoms with Crippen molar-refractivity contribution in [1.29, 1.82) is 0 Å². The molecule has 118 valence electrons. The van der Waals surface area contributed by atoms with Crippen molar-refractivity contribution in [3.05, 3.63) is 35.5 Å². The lowest BCUT2D eigenvalue weighted by Crippen LogP contribution is -2.15. The number of aromatic hydroxyl groups is 1. The Morgan fingerprint density at radius 2 is 1.77 bits per heavy atom. The maximum absolute atomic E-state index is 11.6. The molecule has 0 unspecified atom stereocenters.